The monoisotopic (exact) mass is 248 g/mol. The van der Waals surface area contributed by atoms with Crippen molar-refractivity contribution in [1.82, 2.24) is 19.9 Å². The third-order valence-corrected chi connectivity index (χ3v) is 3.38. The average Bonchev–Trinajstić information content (AvgIpc) is 2.96. The summed E-state index contributed by atoms with van der Waals surface area (Å²) in [5.41, 5.74) is 7.04. The minimum atomic E-state index is 0.221. The fourth-order valence-corrected chi connectivity index (χ4v) is 2.50. The second-order valence-electron chi connectivity index (χ2n) is 4.49. The van der Waals surface area contributed by atoms with Gasteiger partial charge in [0.2, 0.25) is 5.95 Å². The number of hydrogen-bond donors (Lipinski definition) is 3. The Hall–Kier alpha value is -1.89. The van der Waals surface area contributed by atoms with Crippen molar-refractivity contribution in [2.75, 3.05) is 18.2 Å². The van der Waals surface area contributed by atoms with Crippen molar-refractivity contribution in [2.45, 2.75) is 31.4 Å². The topological polar surface area (TPSA) is 102 Å². The number of nitrogens with two attached hydrogens (primary N) is 1. The Bertz CT molecular complexity index is 553. The van der Waals surface area contributed by atoms with E-state index in [1.54, 1.807) is 13.4 Å². The number of nitrogens with one attached hydrogen (secondary N) is 2. The quantitative estimate of drug-likeness (QED) is 0.746. The number of rotatable bonds is 3. The van der Waals surface area contributed by atoms with E-state index in [9.17, 15) is 0 Å². The summed E-state index contributed by atoms with van der Waals surface area (Å²) in [6.45, 7) is 0. The highest BCUT2D eigenvalue weighted by Gasteiger charge is 2.28. The summed E-state index contributed by atoms with van der Waals surface area (Å²) < 4.78 is 5.46. The molecule has 7 nitrogen and oxygen atoms in total. The summed E-state index contributed by atoms with van der Waals surface area (Å²) in [5.74, 6) is 0.924. The van der Waals surface area contributed by atoms with Crippen molar-refractivity contribution >= 4 is 22.9 Å². The lowest BCUT2D eigenvalue weighted by molar-refractivity contribution is 0.101. The predicted octanol–water partition coefficient (Wildman–Crippen LogP) is 0.914. The van der Waals surface area contributed by atoms with Gasteiger partial charge in [0, 0.05) is 7.11 Å². The molecule has 96 valence electrons. The predicted molar refractivity (Wildman–Crippen MR) is 68.2 cm³/mol. The standard InChI is InChI=1S/C11H16N6O/c1-18-7-4-2-3-6(7)15-10-8-9(14-5-13-8)16-11(12)17-10/h5-7H,2-4H2,1H3,(H4,12,13,14,15,16,17). The highest BCUT2D eigenvalue weighted by atomic mass is 16.5. The molecular formula is C11H16N6O. The SMILES string of the molecule is COC1CCCC1Nc1nc(N)nc2nc[nH]c12. The molecule has 4 N–H and O–H groups in total. The normalized spacial score (nSPS) is 23.6. The third kappa shape index (κ3) is 1.86. The number of nitrogen functional groups attached to an aromatic ring is 1. The van der Waals surface area contributed by atoms with Gasteiger partial charge in [-0.25, -0.2) is 4.98 Å². The first-order valence-electron chi connectivity index (χ1n) is 6.04. The van der Waals surface area contributed by atoms with Crippen LogP contribution in [0.5, 0.6) is 0 Å². The third-order valence-electron chi connectivity index (χ3n) is 3.38. The molecule has 2 aromatic rings. The zero-order chi connectivity index (χ0) is 12.5. The molecule has 0 aromatic carbocycles. The van der Waals surface area contributed by atoms with Crippen LogP contribution in [-0.2, 0) is 4.74 Å². The van der Waals surface area contributed by atoms with Gasteiger partial charge in [0.25, 0.3) is 0 Å². The summed E-state index contributed by atoms with van der Waals surface area (Å²) in [7, 11) is 1.74. The Morgan fingerprint density at radius 1 is 1.44 bits per heavy atom. The number of hydrogen-bond acceptors (Lipinski definition) is 6. The molecule has 1 saturated carbocycles. The van der Waals surface area contributed by atoms with Gasteiger partial charge >= 0.3 is 0 Å². The molecule has 1 aliphatic rings. The summed E-state index contributed by atoms with van der Waals surface area (Å²) >= 11 is 0. The van der Waals surface area contributed by atoms with Crippen LogP contribution in [0, 0.1) is 0 Å². The Labute approximate surface area is 104 Å². The van der Waals surface area contributed by atoms with Gasteiger partial charge in [-0.15, -0.1) is 0 Å². The van der Waals surface area contributed by atoms with E-state index in [-0.39, 0.29) is 18.1 Å². The van der Waals surface area contributed by atoms with Gasteiger partial charge in [-0.3, -0.25) is 0 Å². The largest absolute Gasteiger partial charge is 0.379 e. The van der Waals surface area contributed by atoms with Crippen LogP contribution in [-0.4, -0.2) is 39.2 Å². The van der Waals surface area contributed by atoms with Gasteiger partial charge in [-0.05, 0) is 19.3 Å². The second-order valence-corrected chi connectivity index (χ2v) is 4.49. The fourth-order valence-electron chi connectivity index (χ4n) is 2.50. The highest BCUT2D eigenvalue weighted by Crippen LogP contribution is 2.26. The maximum absolute atomic E-state index is 5.68. The summed E-state index contributed by atoms with van der Waals surface area (Å²) in [6.07, 6.45) is 5.10. The van der Waals surface area contributed by atoms with Gasteiger partial charge in [-0.1, -0.05) is 0 Å². The molecule has 7 heteroatoms. The molecule has 2 heterocycles. The lowest BCUT2D eigenvalue weighted by Crippen LogP contribution is -2.30. The maximum atomic E-state index is 5.68. The number of fused-ring (bicyclic) bond motifs is 1. The van der Waals surface area contributed by atoms with Gasteiger partial charge in [0.1, 0.15) is 5.52 Å². The van der Waals surface area contributed by atoms with Crippen LogP contribution in [0.2, 0.25) is 0 Å². The zero-order valence-corrected chi connectivity index (χ0v) is 10.2. The minimum absolute atomic E-state index is 0.221. The number of methoxy groups -OCH3 is 1. The van der Waals surface area contributed by atoms with E-state index in [0.717, 1.165) is 24.8 Å². The number of anilines is 2. The number of aromatic nitrogens is 4. The molecule has 0 amide bonds. The Kier molecular flexibility index (Phi) is 2.75. The van der Waals surface area contributed by atoms with E-state index in [0.29, 0.717) is 11.5 Å². The van der Waals surface area contributed by atoms with Crippen LogP contribution in [0.3, 0.4) is 0 Å². The minimum Gasteiger partial charge on any atom is -0.379 e. The van der Waals surface area contributed by atoms with Crippen molar-refractivity contribution in [3.05, 3.63) is 6.33 Å². The van der Waals surface area contributed by atoms with Gasteiger partial charge in [0.05, 0.1) is 18.5 Å². The Morgan fingerprint density at radius 2 is 2.33 bits per heavy atom. The molecule has 0 bridgehead atoms. The first-order valence-corrected chi connectivity index (χ1v) is 6.04. The molecule has 2 atom stereocenters. The van der Waals surface area contributed by atoms with Crippen LogP contribution in [0.4, 0.5) is 11.8 Å². The molecular weight excluding hydrogens is 232 g/mol. The molecule has 0 aliphatic heterocycles. The van der Waals surface area contributed by atoms with E-state index in [4.69, 9.17) is 10.5 Å². The molecule has 18 heavy (non-hydrogen) atoms. The number of nitrogens with zero attached hydrogens (tertiary/aromatic N) is 3. The van der Waals surface area contributed by atoms with Crippen molar-refractivity contribution in [3.63, 3.8) is 0 Å². The van der Waals surface area contributed by atoms with Crippen molar-refractivity contribution < 1.29 is 4.74 Å². The van der Waals surface area contributed by atoms with Crippen molar-refractivity contribution in [3.8, 4) is 0 Å². The van der Waals surface area contributed by atoms with Crippen LogP contribution >= 0.6 is 0 Å². The van der Waals surface area contributed by atoms with Crippen LogP contribution in [0.1, 0.15) is 19.3 Å². The lowest BCUT2D eigenvalue weighted by Gasteiger charge is -2.20. The van der Waals surface area contributed by atoms with E-state index in [2.05, 4.69) is 25.3 Å². The van der Waals surface area contributed by atoms with E-state index >= 15 is 0 Å². The number of aromatic amines is 1. The first-order chi connectivity index (χ1) is 8.78. The van der Waals surface area contributed by atoms with Crippen LogP contribution < -0.4 is 11.1 Å². The van der Waals surface area contributed by atoms with Crippen LogP contribution in [0.25, 0.3) is 11.2 Å². The molecule has 2 aromatic heterocycles. The van der Waals surface area contributed by atoms with Crippen molar-refractivity contribution in [2.24, 2.45) is 0 Å². The molecule has 1 aliphatic carbocycles. The van der Waals surface area contributed by atoms with E-state index in [1.165, 1.54) is 0 Å². The van der Waals surface area contributed by atoms with Crippen LogP contribution in [0.15, 0.2) is 6.33 Å². The number of H-pyrrole nitrogens is 1. The summed E-state index contributed by atoms with van der Waals surface area (Å²) in [5, 5.41) is 3.38. The Balaban J connectivity index is 1.92. The van der Waals surface area contributed by atoms with E-state index in [1.807, 2.05) is 0 Å². The Morgan fingerprint density at radius 3 is 3.17 bits per heavy atom. The van der Waals surface area contributed by atoms with Gasteiger partial charge in [-0.2, -0.15) is 9.97 Å². The highest BCUT2D eigenvalue weighted by molar-refractivity contribution is 5.83. The number of ether oxygens (including phenoxy) is 1. The first kappa shape index (κ1) is 11.2. The zero-order valence-electron chi connectivity index (χ0n) is 10.2. The second kappa shape index (κ2) is 4.41. The molecule has 0 radical (unpaired) electrons. The maximum Gasteiger partial charge on any atom is 0.224 e. The molecule has 3 rings (SSSR count). The molecule has 0 saturated heterocycles. The van der Waals surface area contributed by atoms with Crippen molar-refractivity contribution in [1.29, 1.82) is 0 Å². The molecule has 0 spiro atoms. The lowest BCUT2D eigenvalue weighted by atomic mass is 10.2. The molecule has 2 unspecified atom stereocenters. The van der Waals surface area contributed by atoms with E-state index < -0.39 is 0 Å². The summed E-state index contributed by atoms with van der Waals surface area (Å²) in [6, 6.07) is 0.260. The average molecular weight is 248 g/mol. The smallest absolute Gasteiger partial charge is 0.224 e. The number of imidazole rings is 1. The van der Waals surface area contributed by atoms with Gasteiger partial charge < -0.3 is 20.8 Å². The van der Waals surface area contributed by atoms with Gasteiger partial charge in [0.15, 0.2) is 11.5 Å². The summed E-state index contributed by atoms with van der Waals surface area (Å²) in [4.78, 5) is 15.4. The molecule has 1 fully saturated rings. The fraction of sp³-hybridized carbons (Fsp3) is 0.545.